The molecule has 0 fully saturated rings. The minimum Gasteiger partial charge on any atom is -0.352 e. The zero-order valence-electron chi connectivity index (χ0n) is 11.1. The number of hydrogen-bond donors (Lipinski definition) is 1. The topological polar surface area (TPSA) is 34.0 Å². The van der Waals surface area contributed by atoms with E-state index in [1.54, 1.807) is 0 Å². The number of nitrogens with zero attached hydrogens (tertiary/aromatic N) is 1. The fraction of sp³-hybridized carbons (Fsp3) is 0.188. The summed E-state index contributed by atoms with van der Waals surface area (Å²) < 4.78 is 2.20. The molecule has 1 N–H and O–H groups in total. The van der Waals surface area contributed by atoms with Crippen LogP contribution in [0.15, 0.2) is 42.5 Å². The Bertz CT molecular complexity index is 758. The van der Waals surface area contributed by atoms with Gasteiger partial charge < -0.3 is 9.88 Å². The van der Waals surface area contributed by atoms with E-state index in [4.69, 9.17) is 0 Å². The number of rotatable bonds is 3. The lowest BCUT2D eigenvalue weighted by molar-refractivity contribution is -0.110. The van der Waals surface area contributed by atoms with Crippen LogP contribution in [-0.2, 0) is 11.8 Å². The van der Waals surface area contributed by atoms with Crippen molar-refractivity contribution in [2.24, 2.45) is 7.05 Å². The van der Waals surface area contributed by atoms with Gasteiger partial charge in [-0.1, -0.05) is 24.3 Å². The maximum Gasteiger partial charge on any atom is 0.207 e. The summed E-state index contributed by atoms with van der Waals surface area (Å²) in [5, 5.41) is 5.28. The first kappa shape index (κ1) is 11.8. The van der Waals surface area contributed by atoms with Gasteiger partial charge in [0.15, 0.2) is 0 Å². The minimum absolute atomic E-state index is 0.0286. The second kappa shape index (κ2) is 4.43. The summed E-state index contributed by atoms with van der Waals surface area (Å²) >= 11 is 0. The number of amides is 1. The average Bonchev–Trinajstić information content (AvgIpc) is 2.73. The number of para-hydroxylation sites is 1. The molecule has 3 nitrogen and oxygen atoms in total. The molecule has 1 amide bonds. The third-order valence-electron chi connectivity index (χ3n) is 3.76. The molecule has 2 aromatic carbocycles. The van der Waals surface area contributed by atoms with E-state index in [0.717, 1.165) is 12.0 Å². The van der Waals surface area contributed by atoms with E-state index >= 15 is 0 Å². The fourth-order valence-corrected chi connectivity index (χ4v) is 2.65. The first-order valence-corrected chi connectivity index (χ1v) is 6.39. The lowest BCUT2D eigenvalue weighted by atomic mass is 10.0. The van der Waals surface area contributed by atoms with E-state index < -0.39 is 0 Å². The summed E-state index contributed by atoms with van der Waals surface area (Å²) in [5.74, 6) is 0. The third kappa shape index (κ3) is 1.78. The highest BCUT2D eigenvalue weighted by molar-refractivity contribution is 6.08. The number of nitrogens with one attached hydrogen (secondary N) is 1. The van der Waals surface area contributed by atoms with Crippen molar-refractivity contribution in [1.82, 2.24) is 9.88 Å². The van der Waals surface area contributed by atoms with E-state index in [-0.39, 0.29) is 6.04 Å². The van der Waals surface area contributed by atoms with E-state index in [2.05, 4.69) is 59.4 Å². The summed E-state index contributed by atoms with van der Waals surface area (Å²) in [6.45, 7) is 1.99. The van der Waals surface area contributed by atoms with Crippen molar-refractivity contribution >= 4 is 28.2 Å². The predicted octanol–water partition coefficient (Wildman–Crippen LogP) is 3.14. The van der Waals surface area contributed by atoms with Crippen LogP contribution in [0.5, 0.6) is 0 Å². The molecule has 1 heterocycles. The Morgan fingerprint density at radius 1 is 1.11 bits per heavy atom. The van der Waals surface area contributed by atoms with E-state index in [0.29, 0.717) is 0 Å². The molecule has 0 bridgehead atoms. The molecule has 0 aliphatic heterocycles. The molecule has 0 saturated heterocycles. The molecule has 0 aliphatic carbocycles. The Kier molecular flexibility index (Phi) is 2.75. The SMILES string of the molecule is C[C@@H](NC=O)c1ccc2c(c1)c1ccccc1n2C. The quantitative estimate of drug-likeness (QED) is 0.714. The van der Waals surface area contributed by atoms with Crippen molar-refractivity contribution in [3.63, 3.8) is 0 Å². The molecule has 96 valence electrons. The van der Waals surface area contributed by atoms with Crippen LogP contribution in [0.2, 0.25) is 0 Å². The third-order valence-corrected chi connectivity index (χ3v) is 3.76. The van der Waals surface area contributed by atoms with Gasteiger partial charge in [0.1, 0.15) is 0 Å². The maximum absolute atomic E-state index is 10.6. The summed E-state index contributed by atoms with van der Waals surface area (Å²) in [7, 11) is 2.08. The monoisotopic (exact) mass is 252 g/mol. The number of hydrogen-bond acceptors (Lipinski definition) is 1. The largest absolute Gasteiger partial charge is 0.352 e. The van der Waals surface area contributed by atoms with Gasteiger partial charge in [0.05, 0.1) is 6.04 Å². The molecule has 0 aliphatic rings. The Hall–Kier alpha value is -2.29. The van der Waals surface area contributed by atoms with Crippen LogP contribution in [0.1, 0.15) is 18.5 Å². The van der Waals surface area contributed by atoms with Crippen LogP contribution in [0.25, 0.3) is 21.8 Å². The number of aryl methyl sites for hydroxylation is 1. The van der Waals surface area contributed by atoms with Crippen LogP contribution in [0, 0.1) is 0 Å². The van der Waals surface area contributed by atoms with E-state index in [1.807, 2.05) is 6.92 Å². The number of carbonyl (C=O) groups is 1. The highest BCUT2D eigenvalue weighted by Gasteiger charge is 2.10. The number of carbonyl (C=O) groups excluding carboxylic acids is 1. The van der Waals surface area contributed by atoms with Gasteiger partial charge in [0, 0.05) is 28.9 Å². The van der Waals surface area contributed by atoms with E-state index in [1.165, 1.54) is 21.8 Å². The molecule has 0 radical (unpaired) electrons. The first-order chi connectivity index (χ1) is 9.22. The van der Waals surface area contributed by atoms with Crippen LogP contribution < -0.4 is 5.32 Å². The van der Waals surface area contributed by atoms with Crippen molar-refractivity contribution in [3.05, 3.63) is 48.0 Å². The summed E-state index contributed by atoms with van der Waals surface area (Å²) in [6.07, 6.45) is 0.748. The zero-order valence-corrected chi connectivity index (χ0v) is 11.1. The Morgan fingerprint density at radius 2 is 1.84 bits per heavy atom. The smallest absolute Gasteiger partial charge is 0.207 e. The standard InChI is InChI=1S/C16H16N2O/c1-11(17-10-19)12-7-8-16-14(9-12)13-5-3-4-6-15(13)18(16)2/h3-11H,1-2H3,(H,17,19)/t11-/m1/s1. The van der Waals surface area contributed by atoms with Crippen molar-refractivity contribution < 1.29 is 4.79 Å². The molecule has 0 spiro atoms. The average molecular weight is 252 g/mol. The van der Waals surface area contributed by atoms with Gasteiger partial charge in [-0.15, -0.1) is 0 Å². The predicted molar refractivity (Wildman–Crippen MR) is 78.0 cm³/mol. The molecule has 3 aromatic rings. The molecular weight excluding hydrogens is 236 g/mol. The molecule has 1 aromatic heterocycles. The highest BCUT2D eigenvalue weighted by Crippen LogP contribution is 2.29. The fourth-order valence-electron chi connectivity index (χ4n) is 2.65. The van der Waals surface area contributed by atoms with Crippen molar-refractivity contribution in [3.8, 4) is 0 Å². The van der Waals surface area contributed by atoms with Gasteiger partial charge in [-0.25, -0.2) is 0 Å². The molecule has 19 heavy (non-hydrogen) atoms. The van der Waals surface area contributed by atoms with Gasteiger partial charge in [0.2, 0.25) is 6.41 Å². The van der Waals surface area contributed by atoms with Gasteiger partial charge >= 0.3 is 0 Å². The normalized spacial score (nSPS) is 12.7. The number of fused-ring (bicyclic) bond motifs is 3. The highest BCUT2D eigenvalue weighted by atomic mass is 16.1. The minimum atomic E-state index is 0.0286. The van der Waals surface area contributed by atoms with Crippen LogP contribution in [-0.4, -0.2) is 11.0 Å². The van der Waals surface area contributed by atoms with Gasteiger partial charge in [-0.2, -0.15) is 0 Å². The first-order valence-electron chi connectivity index (χ1n) is 6.39. The second-order valence-corrected chi connectivity index (χ2v) is 4.86. The lowest BCUT2D eigenvalue weighted by Gasteiger charge is -2.10. The second-order valence-electron chi connectivity index (χ2n) is 4.86. The molecule has 3 rings (SSSR count). The van der Waals surface area contributed by atoms with Gasteiger partial charge in [-0.3, -0.25) is 4.79 Å². The van der Waals surface area contributed by atoms with Crippen LogP contribution in [0.3, 0.4) is 0 Å². The summed E-state index contributed by atoms with van der Waals surface area (Å²) in [5.41, 5.74) is 3.56. The zero-order chi connectivity index (χ0) is 13.4. The van der Waals surface area contributed by atoms with Crippen molar-refractivity contribution in [2.75, 3.05) is 0 Å². The van der Waals surface area contributed by atoms with Crippen LogP contribution >= 0.6 is 0 Å². The number of benzene rings is 2. The number of aromatic nitrogens is 1. The summed E-state index contributed by atoms with van der Waals surface area (Å²) in [4.78, 5) is 10.6. The van der Waals surface area contributed by atoms with Crippen molar-refractivity contribution in [1.29, 1.82) is 0 Å². The molecular formula is C16H16N2O. The Balaban J connectivity index is 2.27. The Labute approximate surface area is 111 Å². The molecule has 0 saturated carbocycles. The van der Waals surface area contributed by atoms with Crippen molar-refractivity contribution in [2.45, 2.75) is 13.0 Å². The van der Waals surface area contributed by atoms with E-state index in [9.17, 15) is 4.79 Å². The van der Waals surface area contributed by atoms with Gasteiger partial charge in [-0.05, 0) is 30.7 Å². The lowest BCUT2D eigenvalue weighted by Crippen LogP contribution is -2.15. The van der Waals surface area contributed by atoms with Gasteiger partial charge in [0.25, 0.3) is 0 Å². The van der Waals surface area contributed by atoms with Crippen LogP contribution in [0.4, 0.5) is 0 Å². The summed E-state index contributed by atoms with van der Waals surface area (Å²) in [6, 6.07) is 14.8. The Morgan fingerprint density at radius 3 is 2.63 bits per heavy atom. The maximum atomic E-state index is 10.6. The molecule has 0 unspecified atom stereocenters. The molecule has 1 atom stereocenters. The molecule has 3 heteroatoms.